The Morgan fingerprint density at radius 2 is 1.15 bits per heavy atom. The van der Waals surface area contributed by atoms with E-state index >= 15 is 0 Å². The third-order valence-electron chi connectivity index (χ3n) is 2.44. The molecule has 20 heavy (non-hydrogen) atoms. The van der Waals surface area contributed by atoms with E-state index in [4.69, 9.17) is 18.1 Å². The SMILES string of the molecule is CCO[PH](O)(O)N(C(C)C)[PH](OCC)(OCC)OCC. The van der Waals surface area contributed by atoms with Crippen LogP contribution in [0.25, 0.3) is 0 Å². The van der Waals surface area contributed by atoms with Crippen LogP contribution in [0.2, 0.25) is 0 Å². The van der Waals surface area contributed by atoms with Gasteiger partial charge in [0.15, 0.2) is 0 Å². The maximum absolute atomic E-state index is 10.4. The molecule has 0 amide bonds. The summed E-state index contributed by atoms with van der Waals surface area (Å²) in [5.41, 5.74) is 0. The Kier molecular flexibility index (Phi) is 9.84. The van der Waals surface area contributed by atoms with Crippen molar-refractivity contribution in [3.63, 3.8) is 0 Å². The first-order chi connectivity index (χ1) is 9.31. The molecule has 0 atom stereocenters. The van der Waals surface area contributed by atoms with Crippen LogP contribution >= 0.6 is 16.2 Å². The van der Waals surface area contributed by atoms with Gasteiger partial charge < -0.3 is 0 Å². The van der Waals surface area contributed by atoms with Crippen LogP contribution < -0.4 is 0 Å². The predicted molar refractivity (Wildman–Crippen MR) is 84.5 cm³/mol. The Bertz CT molecular complexity index is 250. The third kappa shape index (κ3) is 5.41. The van der Waals surface area contributed by atoms with Crippen molar-refractivity contribution in [3.8, 4) is 0 Å². The zero-order valence-corrected chi connectivity index (χ0v) is 15.4. The summed E-state index contributed by atoms with van der Waals surface area (Å²) in [6, 6.07) is -0.250. The Hall–Kier alpha value is 0.580. The van der Waals surface area contributed by atoms with Crippen LogP contribution in [0.4, 0.5) is 0 Å². The minimum absolute atomic E-state index is 0.192. The van der Waals surface area contributed by atoms with E-state index in [2.05, 4.69) is 0 Å². The molecule has 9 heteroatoms. The van der Waals surface area contributed by atoms with E-state index in [1.54, 1.807) is 6.92 Å². The molecule has 126 valence electrons. The van der Waals surface area contributed by atoms with Gasteiger partial charge >= 0.3 is 123 Å². The molecule has 0 saturated carbocycles. The van der Waals surface area contributed by atoms with E-state index in [0.717, 1.165) is 0 Å². The number of hydrogen-bond donors (Lipinski definition) is 2. The van der Waals surface area contributed by atoms with Crippen LogP contribution in [-0.2, 0) is 18.1 Å². The number of hydrogen-bond acceptors (Lipinski definition) is 7. The molecule has 0 aliphatic rings. The summed E-state index contributed by atoms with van der Waals surface area (Å²) in [6.45, 7) is 12.1. The van der Waals surface area contributed by atoms with Gasteiger partial charge in [0.05, 0.1) is 0 Å². The van der Waals surface area contributed by atoms with Gasteiger partial charge in [-0.25, -0.2) is 0 Å². The fourth-order valence-corrected chi connectivity index (χ4v) is 7.77. The standard InChI is InChI=1S/C11H31NO6P2/c1-7-15-19(13,14)12(11(5)6)20(16-8-2,17-9-3)18-10-4/h11,13-14,19-20H,7-10H2,1-6H3. The summed E-state index contributed by atoms with van der Waals surface area (Å²) < 4.78 is 23.7. The van der Waals surface area contributed by atoms with E-state index in [1.807, 2.05) is 34.6 Å². The Balaban J connectivity index is 5.60. The first-order valence-corrected chi connectivity index (χ1v) is 10.5. The van der Waals surface area contributed by atoms with E-state index in [1.165, 1.54) is 4.44 Å². The molecule has 0 bridgehead atoms. The van der Waals surface area contributed by atoms with Gasteiger partial charge in [-0.2, -0.15) is 0 Å². The van der Waals surface area contributed by atoms with Crippen LogP contribution in [0.1, 0.15) is 41.5 Å². The molecule has 7 nitrogen and oxygen atoms in total. The monoisotopic (exact) mass is 335 g/mol. The van der Waals surface area contributed by atoms with Crippen molar-refractivity contribution in [3.05, 3.63) is 0 Å². The summed E-state index contributed by atoms with van der Waals surface area (Å²) >= 11 is 0. The molecule has 2 N–H and O–H groups in total. The summed E-state index contributed by atoms with van der Waals surface area (Å²) in [7, 11) is -7.51. The zero-order chi connectivity index (χ0) is 15.8. The van der Waals surface area contributed by atoms with Crippen molar-refractivity contribution in [1.29, 1.82) is 0 Å². The van der Waals surface area contributed by atoms with E-state index in [0.29, 0.717) is 19.8 Å². The quantitative estimate of drug-likeness (QED) is 0.562. The average Bonchev–Trinajstić information content (AvgIpc) is 2.28. The number of rotatable bonds is 11. The van der Waals surface area contributed by atoms with Crippen LogP contribution in [0.3, 0.4) is 0 Å². The van der Waals surface area contributed by atoms with Gasteiger partial charge in [0.1, 0.15) is 0 Å². The van der Waals surface area contributed by atoms with Crippen LogP contribution in [-0.4, -0.2) is 46.7 Å². The second kappa shape index (κ2) is 9.57. The fourth-order valence-electron chi connectivity index (χ4n) is 1.97. The van der Waals surface area contributed by atoms with Crippen LogP contribution in [0.15, 0.2) is 0 Å². The van der Waals surface area contributed by atoms with Crippen molar-refractivity contribution < 1.29 is 27.9 Å². The molecule has 0 aliphatic heterocycles. The van der Waals surface area contributed by atoms with Crippen molar-refractivity contribution in [2.45, 2.75) is 47.6 Å². The van der Waals surface area contributed by atoms with Crippen molar-refractivity contribution in [2.24, 2.45) is 0 Å². The van der Waals surface area contributed by atoms with E-state index in [-0.39, 0.29) is 12.6 Å². The fraction of sp³-hybridized carbons (Fsp3) is 1.00. The predicted octanol–water partition coefficient (Wildman–Crippen LogP) is 2.65. The molecule has 0 unspecified atom stereocenters. The van der Waals surface area contributed by atoms with Crippen molar-refractivity contribution in [1.82, 2.24) is 4.44 Å². The van der Waals surface area contributed by atoms with Gasteiger partial charge in [-0.15, -0.1) is 0 Å². The van der Waals surface area contributed by atoms with E-state index in [9.17, 15) is 9.79 Å². The first-order valence-electron chi connectivity index (χ1n) is 7.11. The molecule has 0 spiro atoms. The normalized spacial score (nSPS) is 15.1. The van der Waals surface area contributed by atoms with Gasteiger partial charge in [0.25, 0.3) is 0 Å². The summed E-state index contributed by atoms with van der Waals surface area (Å²) in [5.74, 6) is 0. The summed E-state index contributed by atoms with van der Waals surface area (Å²) in [5, 5.41) is 0. The summed E-state index contributed by atoms with van der Waals surface area (Å²) in [6.07, 6.45) is 0. The van der Waals surface area contributed by atoms with Crippen LogP contribution in [0, 0.1) is 0 Å². The van der Waals surface area contributed by atoms with E-state index < -0.39 is 16.2 Å². The topological polar surface area (TPSA) is 80.6 Å². The Labute approximate surface area is 123 Å². The molecule has 0 aromatic heterocycles. The van der Waals surface area contributed by atoms with Gasteiger partial charge in [0.2, 0.25) is 0 Å². The molecule has 0 saturated heterocycles. The molecular weight excluding hydrogens is 304 g/mol. The van der Waals surface area contributed by atoms with Gasteiger partial charge in [-0.3, -0.25) is 0 Å². The van der Waals surface area contributed by atoms with Gasteiger partial charge in [-0.05, 0) is 0 Å². The van der Waals surface area contributed by atoms with Crippen molar-refractivity contribution in [2.75, 3.05) is 26.4 Å². The Morgan fingerprint density at radius 1 is 0.800 bits per heavy atom. The maximum atomic E-state index is 10.4. The zero-order valence-electron chi connectivity index (χ0n) is 13.4. The minimum atomic E-state index is -4.12. The molecule has 0 aromatic rings. The molecule has 0 aliphatic carbocycles. The third-order valence-corrected chi connectivity index (χ3v) is 9.03. The Morgan fingerprint density at radius 3 is 1.40 bits per heavy atom. The van der Waals surface area contributed by atoms with Crippen LogP contribution in [0.5, 0.6) is 0 Å². The average molecular weight is 335 g/mol. The van der Waals surface area contributed by atoms with Gasteiger partial charge in [-0.1, -0.05) is 0 Å². The first kappa shape index (κ1) is 20.6. The number of nitrogens with zero attached hydrogens (tertiary/aromatic N) is 1. The molecule has 0 fully saturated rings. The summed E-state index contributed by atoms with van der Waals surface area (Å²) in [4.78, 5) is 20.7. The van der Waals surface area contributed by atoms with Crippen molar-refractivity contribution >= 4 is 16.2 Å². The molecule has 0 radical (unpaired) electrons. The molecule has 0 rings (SSSR count). The molecular formula is C11H31NO6P2. The molecule has 0 aromatic carbocycles. The second-order valence-corrected chi connectivity index (χ2v) is 9.05. The second-order valence-electron chi connectivity index (χ2n) is 4.29. The van der Waals surface area contributed by atoms with Gasteiger partial charge in [0, 0.05) is 0 Å². The molecule has 0 heterocycles.